The van der Waals surface area contributed by atoms with Crippen molar-refractivity contribution >= 4 is 23.5 Å². The lowest BCUT2D eigenvalue weighted by molar-refractivity contribution is -0.358. The van der Waals surface area contributed by atoms with Gasteiger partial charge in [0.25, 0.3) is 0 Å². The van der Waals surface area contributed by atoms with Gasteiger partial charge in [0.15, 0.2) is 0 Å². The molecule has 0 saturated carbocycles. The molecule has 8 heteroatoms. The molecule has 0 aromatic heterocycles. The lowest BCUT2D eigenvalue weighted by Gasteiger charge is -2.51. The third kappa shape index (κ3) is 7.88. The summed E-state index contributed by atoms with van der Waals surface area (Å²) in [4.78, 5) is 2.30. The summed E-state index contributed by atoms with van der Waals surface area (Å²) in [7, 11) is 0. The molecule has 0 radical (unpaired) electrons. The molecular weight excluding hydrogens is 629 g/mol. The molecule has 47 heavy (non-hydrogen) atoms. The zero-order valence-electron chi connectivity index (χ0n) is 26.3. The van der Waals surface area contributed by atoms with E-state index in [2.05, 4.69) is 48.5 Å². The van der Waals surface area contributed by atoms with E-state index in [-0.39, 0.29) is 0 Å². The van der Waals surface area contributed by atoms with Crippen LogP contribution in [0.1, 0.15) is 22.3 Å². The van der Waals surface area contributed by atoms with E-state index >= 15 is 0 Å². The quantitative estimate of drug-likeness (QED) is 0.143. The number of hydrogen-bond donors (Lipinski definition) is 0. The summed E-state index contributed by atoms with van der Waals surface area (Å²) >= 11 is 3.66. The van der Waals surface area contributed by atoms with Crippen molar-refractivity contribution in [3.8, 4) is 0 Å². The van der Waals surface area contributed by atoms with E-state index in [0.29, 0.717) is 39.6 Å². The topological polar surface area (TPSA) is 55.4 Å². The molecule has 7 rings (SSSR count). The van der Waals surface area contributed by atoms with E-state index in [1.807, 2.05) is 84.6 Å². The first kappa shape index (κ1) is 32.6. The van der Waals surface area contributed by atoms with Crippen LogP contribution < -0.4 is 0 Å². The molecule has 0 aliphatic carbocycles. The maximum atomic E-state index is 7.16. The average molecular weight is 669 g/mol. The number of hydrogen-bond acceptors (Lipinski definition) is 8. The van der Waals surface area contributed by atoms with Crippen LogP contribution >= 0.6 is 23.5 Å². The van der Waals surface area contributed by atoms with Gasteiger partial charge in [-0.2, -0.15) is 0 Å². The van der Waals surface area contributed by atoms with Crippen LogP contribution in [0.3, 0.4) is 0 Å². The average Bonchev–Trinajstić information content (AvgIpc) is 3.50. The van der Waals surface area contributed by atoms with Crippen molar-refractivity contribution in [3.05, 3.63) is 153 Å². The molecule has 1 spiro atoms. The number of benzene rings is 4. The second kappa shape index (κ2) is 16.0. The van der Waals surface area contributed by atoms with E-state index < -0.39 is 30.2 Å². The Balaban J connectivity index is 1.25. The van der Waals surface area contributed by atoms with Gasteiger partial charge in [0.1, 0.15) is 24.4 Å². The van der Waals surface area contributed by atoms with Crippen molar-refractivity contribution in [1.29, 1.82) is 0 Å². The monoisotopic (exact) mass is 668 g/mol. The zero-order chi connectivity index (χ0) is 31.7. The van der Waals surface area contributed by atoms with Crippen LogP contribution in [0.25, 0.3) is 0 Å². The highest BCUT2D eigenvalue weighted by atomic mass is 32.2. The van der Waals surface area contributed by atoms with Crippen LogP contribution in [-0.4, -0.2) is 54.9 Å². The minimum Gasteiger partial charge on any atom is -0.374 e. The zero-order valence-corrected chi connectivity index (χ0v) is 27.9. The Labute approximate surface area is 285 Å². The van der Waals surface area contributed by atoms with Gasteiger partial charge in [-0.3, -0.25) is 0 Å². The summed E-state index contributed by atoms with van der Waals surface area (Å²) in [5.74, 6) is 0.873. The van der Waals surface area contributed by atoms with E-state index in [1.165, 1.54) is 4.91 Å². The minimum atomic E-state index is -1.14. The molecule has 3 aliphatic rings. The van der Waals surface area contributed by atoms with Crippen LogP contribution in [-0.2, 0) is 54.8 Å². The smallest absolute Gasteiger partial charge is 0.232 e. The van der Waals surface area contributed by atoms with Gasteiger partial charge in [0.2, 0.25) is 5.79 Å². The Kier molecular flexibility index (Phi) is 11.1. The number of rotatable bonds is 13. The Morgan fingerprint density at radius 3 is 1.64 bits per heavy atom. The van der Waals surface area contributed by atoms with E-state index in [0.717, 1.165) is 38.7 Å². The van der Waals surface area contributed by atoms with E-state index in [4.69, 9.17) is 28.4 Å². The third-order valence-corrected chi connectivity index (χ3v) is 11.2. The predicted octanol–water partition coefficient (Wildman–Crippen LogP) is 7.78. The van der Waals surface area contributed by atoms with Crippen LogP contribution in [0.2, 0.25) is 0 Å². The second-order valence-corrected chi connectivity index (χ2v) is 14.1. The van der Waals surface area contributed by atoms with Gasteiger partial charge in [-0.25, -0.2) is 0 Å². The molecule has 4 aromatic carbocycles. The summed E-state index contributed by atoms with van der Waals surface area (Å²) in [6.45, 7) is 2.41. The highest BCUT2D eigenvalue weighted by Crippen LogP contribution is 2.53. The van der Waals surface area contributed by atoms with Gasteiger partial charge in [0.05, 0.1) is 44.5 Å². The van der Waals surface area contributed by atoms with Crippen molar-refractivity contribution in [3.63, 3.8) is 0 Å². The fraction of sp³-hybridized carbons (Fsp3) is 0.333. The lowest BCUT2D eigenvalue weighted by Crippen LogP contribution is -2.67. The molecule has 5 atom stereocenters. The SMILES string of the molecule is c1ccc(COC[C@H]2O[C@]3(OCC4=C3SCCS4)[C@H](OCc3ccccc3)[C@@H](OCc3ccccc3)[C@@H]2OCc2ccccc2)cc1. The molecule has 0 N–H and O–H groups in total. The van der Waals surface area contributed by atoms with Crippen molar-refractivity contribution in [2.24, 2.45) is 0 Å². The minimum absolute atomic E-state index is 0.302. The molecule has 6 nitrogen and oxygen atoms in total. The van der Waals surface area contributed by atoms with Gasteiger partial charge < -0.3 is 28.4 Å². The Hall–Kier alpha value is -2.92. The van der Waals surface area contributed by atoms with Gasteiger partial charge in [-0.15, -0.1) is 23.5 Å². The molecule has 1 fully saturated rings. The van der Waals surface area contributed by atoms with Crippen LogP contribution in [0.4, 0.5) is 0 Å². The standard InChI is InChI=1S/C39H40O6S2/c1-5-13-29(14-6-1)23-40-27-33-35(41-24-30-15-7-2-8-16-30)36(42-25-31-17-9-3-10-18-31)37(43-26-32-19-11-4-12-20-32)39(45-33)38-34(28-44-39)46-21-22-47-38/h1-20,33,35-37H,21-28H2/t33-,35-,36+,37-,39-/m1/s1. The van der Waals surface area contributed by atoms with Gasteiger partial charge in [-0.05, 0) is 22.3 Å². The highest BCUT2D eigenvalue weighted by Gasteiger charge is 2.62. The maximum absolute atomic E-state index is 7.16. The Bertz CT molecular complexity index is 1570. The summed E-state index contributed by atoms with van der Waals surface area (Å²) < 4.78 is 40.9. The molecule has 3 heterocycles. The Morgan fingerprint density at radius 2 is 1.06 bits per heavy atom. The second-order valence-electron chi connectivity index (χ2n) is 11.8. The van der Waals surface area contributed by atoms with Crippen molar-refractivity contribution < 1.29 is 28.4 Å². The highest BCUT2D eigenvalue weighted by molar-refractivity contribution is 8.10. The molecule has 4 aromatic rings. The summed E-state index contributed by atoms with van der Waals surface area (Å²) in [5, 5.41) is 0. The molecule has 3 aliphatic heterocycles. The molecule has 0 unspecified atom stereocenters. The molecule has 244 valence electrons. The number of ether oxygens (including phenoxy) is 6. The number of thioether (sulfide) groups is 2. The van der Waals surface area contributed by atoms with Crippen molar-refractivity contribution in [1.82, 2.24) is 0 Å². The van der Waals surface area contributed by atoms with Crippen LogP contribution in [0.5, 0.6) is 0 Å². The Morgan fingerprint density at radius 1 is 0.574 bits per heavy atom. The maximum Gasteiger partial charge on any atom is 0.232 e. The van der Waals surface area contributed by atoms with Crippen molar-refractivity contribution in [2.75, 3.05) is 24.7 Å². The first-order chi connectivity index (χ1) is 23.3. The molecule has 1 saturated heterocycles. The van der Waals surface area contributed by atoms with E-state index in [1.54, 1.807) is 11.8 Å². The van der Waals surface area contributed by atoms with Gasteiger partial charge >= 0.3 is 0 Å². The van der Waals surface area contributed by atoms with Crippen LogP contribution in [0, 0.1) is 0 Å². The van der Waals surface area contributed by atoms with Gasteiger partial charge in [-0.1, -0.05) is 121 Å². The lowest BCUT2D eigenvalue weighted by atomic mass is 9.91. The fourth-order valence-electron chi connectivity index (χ4n) is 6.23. The molecule has 0 bridgehead atoms. The number of fused-ring (bicyclic) bond motifs is 1. The summed E-state index contributed by atoms with van der Waals surface area (Å²) in [6, 6.07) is 40.9. The van der Waals surface area contributed by atoms with E-state index in [9.17, 15) is 0 Å². The third-order valence-electron chi connectivity index (χ3n) is 8.52. The first-order valence-corrected chi connectivity index (χ1v) is 18.1. The van der Waals surface area contributed by atoms with Crippen molar-refractivity contribution in [2.45, 2.75) is 56.6 Å². The molecular formula is C39H40O6S2. The van der Waals surface area contributed by atoms with Gasteiger partial charge in [0, 0.05) is 16.4 Å². The van der Waals surface area contributed by atoms with Crippen LogP contribution in [0.15, 0.2) is 131 Å². The predicted molar refractivity (Wildman–Crippen MR) is 187 cm³/mol. The largest absolute Gasteiger partial charge is 0.374 e. The summed E-state index contributed by atoms with van der Waals surface area (Å²) in [6.07, 6.45) is -2.12. The molecule has 0 amide bonds. The first-order valence-electron chi connectivity index (χ1n) is 16.2. The fourth-order valence-corrected chi connectivity index (χ4v) is 8.76. The summed E-state index contributed by atoms with van der Waals surface area (Å²) in [5.41, 5.74) is 4.31. The normalized spacial score (nSPS) is 25.6.